The Balaban J connectivity index is 1.44. The number of alkyl halides is 2. The van der Waals surface area contributed by atoms with Crippen LogP contribution in [0, 0.1) is 5.82 Å². The molecule has 2 saturated heterocycles. The number of pyridine rings is 1. The Labute approximate surface area is 208 Å². The summed E-state index contributed by atoms with van der Waals surface area (Å²) in [5, 5.41) is 4.08. The second-order valence-corrected chi connectivity index (χ2v) is 9.50. The fourth-order valence-corrected chi connectivity index (χ4v) is 5.11. The molecule has 5 rings (SSSR count). The van der Waals surface area contributed by atoms with Gasteiger partial charge in [0, 0.05) is 56.0 Å². The lowest BCUT2D eigenvalue weighted by Gasteiger charge is -2.35. The number of ether oxygens (including phenoxy) is 1. The summed E-state index contributed by atoms with van der Waals surface area (Å²) in [6.07, 6.45) is 0.472. The molecule has 0 radical (unpaired) electrons. The van der Waals surface area contributed by atoms with Crippen molar-refractivity contribution in [1.29, 1.82) is 0 Å². The van der Waals surface area contributed by atoms with Gasteiger partial charge in [-0.05, 0) is 37.1 Å². The molecular weight excluding hydrogens is 469 g/mol. The summed E-state index contributed by atoms with van der Waals surface area (Å²) in [6, 6.07) is 11.2. The predicted octanol–water partition coefficient (Wildman–Crippen LogP) is 5.86. The Hall–Kier alpha value is -3.33. The summed E-state index contributed by atoms with van der Waals surface area (Å²) in [6.45, 7) is 4.39. The van der Waals surface area contributed by atoms with Crippen LogP contribution in [0.4, 0.5) is 23.7 Å². The number of aromatic nitrogens is 1. The van der Waals surface area contributed by atoms with Crippen molar-refractivity contribution in [2.24, 2.45) is 0 Å². The first-order valence-electron chi connectivity index (χ1n) is 12.1. The van der Waals surface area contributed by atoms with Gasteiger partial charge in [-0.1, -0.05) is 24.3 Å². The Morgan fingerprint density at radius 1 is 1.11 bits per heavy atom. The highest BCUT2D eigenvalue weighted by Gasteiger charge is 2.43. The minimum atomic E-state index is -2.88. The SMILES string of the molecule is CO[C@@]1(c2ccc3nccc(N[C@H](C)c4cccc(C(F)F)c4F)c3c2)CCN(C(=O)N2CCC2)C1. The number of hydrogen-bond acceptors (Lipinski definition) is 4. The third-order valence-electron chi connectivity index (χ3n) is 7.42. The number of hydrogen-bond donors (Lipinski definition) is 1. The number of urea groups is 1. The van der Waals surface area contributed by atoms with E-state index in [1.807, 2.05) is 28.0 Å². The van der Waals surface area contributed by atoms with Gasteiger partial charge in [-0.3, -0.25) is 4.98 Å². The molecule has 2 aliphatic heterocycles. The lowest BCUT2D eigenvalue weighted by molar-refractivity contribution is -0.00472. The number of carbonyl (C=O) groups excluding carboxylic acids is 1. The molecule has 190 valence electrons. The zero-order chi connectivity index (χ0) is 25.4. The molecule has 0 spiro atoms. The lowest BCUT2D eigenvalue weighted by Crippen LogP contribution is -2.49. The molecule has 0 unspecified atom stereocenters. The number of halogens is 3. The molecule has 2 fully saturated rings. The number of benzene rings is 2. The monoisotopic (exact) mass is 498 g/mol. The summed E-state index contributed by atoms with van der Waals surface area (Å²) < 4.78 is 47.2. The largest absolute Gasteiger partial charge is 0.378 e. The third-order valence-corrected chi connectivity index (χ3v) is 7.42. The zero-order valence-corrected chi connectivity index (χ0v) is 20.3. The maximum atomic E-state index is 14.8. The van der Waals surface area contributed by atoms with E-state index in [4.69, 9.17) is 4.74 Å². The predicted molar refractivity (Wildman–Crippen MR) is 132 cm³/mol. The number of nitrogens with zero attached hydrogens (tertiary/aromatic N) is 3. The van der Waals surface area contributed by atoms with Crippen molar-refractivity contribution in [2.45, 2.75) is 37.8 Å². The number of anilines is 1. The highest BCUT2D eigenvalue weighted by molar-refractivity contribution is 5.92. The van der Waals surface area contributed by atoms with Crippen LogP contribution in [0.3, 0.4) is 0 Å². The standard InChI is InChI=1S/C27H29F3N4O2/c1-17(19-5-3-6-20(24(19)28)25(29)30)32-23-9-11-31-22-8-7-18(15-21(22)23)27(36-2)10-14-34(16-27)26(35)33-12-4-13-33/h3,5-9,11,15,17,25H,4,10,12-14,16H2,1-2H3,(H,31,32)/t17-,27+/m1/s1. The first-order valence-corrected chi connectivity index (χ1v) is 12.1. The van der Waals surface area contributed by atoms with Gasteiger partial charge >= 0.3 is 6.03 Å². The molecule has 1 aromatic heterocycles. The van der Waals surface area contributed by atoms with Crippen LogP contribution in [0.2, 0.25) is 0 Å². The van der Waals surface area contributed by atoms with Crippen LogP contribution in [-0.2, 0) is 10.3 Å². The maximum absolute atomic E-state index is 14.8. The van der Waals surface area contributed by atoms with Gasteiger partial charge in [-0.25, -0.2) is 18.0 Å². The quantitative estimate of drug-likeness (QED) is 0.463. The number of carbonyl (C=O) groups is 1. The number of rotatable bonds is 6. The van der Waals surface area contributed by atoms with E-state index in [9.17, 15) is 18.0 Å². The zero-order valence-electron chi connectivity index (χ0n) is 20.3. The highest BCUT2D eigenvalue weighted by atomic mass is 19.3. The molecule has 2 aromatic carbocycles. The molecule has 2 aliphatic rings. The van der Waals surface area contributed by atoms with Crippen LogP contribution in [0.15, 0.2) is 48.7 Å². The average Bonchev–Trinajstić information content (AvgIpc) is 3.29. The average molecular weight is 499 g/mol. The molecule has 3 aromatic rings. The molecule has 36 heavy (non-hydrogen) atoms. The minimum absolute atomic E-state index is 0.0480. The van der Waals surface area contributed by atoms with Crippen LogP contribution in [0.25, 0.3) is 10.9 Å². The second-order valence-electron chi connectivity index (χ2n) is 9.50. The van der Waals surface area contributed by atoms with E-state index >= 15 is 0 Å². The molecule has 1 N–H and O–H groups in total. The number of nitrogens with one attached hydrogen (secondary N) is 1. The van der Waals surface area contributed by atoms with Crippen LogP contribution in [-0.4, -0.2) is 54.1 Å². The number of likely N-dealkylation sites (tertiary alicyclic amines) is 2. The number of amides is 2. The molecule has 0 aliphatic carbocycles. The van der Waals surface area contributed by atoms with Crippen molar-refractivity contribution in [2.75, 3.05) is 38.6 Å². The van der Waals surface area contributed by atoms with Gasteiger partial charge in [0.15, 0.2) is 0 Å². The van der Waals surface area contributed by atoms with E-state index in [0.29, 0.717) is 25.2 Å². The topological polar surface area (TPSA) is 57.7 Å². The van der Waals surface area contributed by atoms with Gasteiger partial charge in [0.2, 0.25) is 0 Å². The summed E-state index contributed by atoms with van der Waals surface area (Å²) in [5.41, 5.74) is 1.27. The number of fused-ring (bicyclic) bond motifs is 1. The first-order chi connectivity index (χ1) is 17.3. The Kier molecular flexibility index (Phi) is 6.51. The molecule has 2 amide bonds. The van der Waals surface area contributed by atoms with Crippen molar-refractivity contribution < 1.29 is 22.7 Å². The van der Waals surface area contributed by atoms with Crippen molar-refractivity contribution in [3.63, 3.8) is 0 Å². The van der Waals surface area contributed by atoms with Gasteiger partial charge in [-0.15, -0.1) is 0 Å². The maximum Gasteiger partial charge on any atom is 0.320 e. The van der Waals surface area contributed by atoms with E-state index < -0.39 is 29.4 Å². The summed E-state index contributed by atoms with van der Waals surface area (Å²) in [5.74, 6) is -0.900. The Morgan fingerprint density at radius 3 is 2.58 bits per heavy atom. The fourth-order valence-electron chi connectivity index (χ4n) is 5.11. The van der Waals surface area contributed by atoms with E-state index in [2.05, 4.69) is 10.3 Å². The van der Waals surface area contributed by atoms with Crippen molar-refractivity contribution >= 4 is 22.6 Å². The van der Waals surface area contributed by atoms with Crippen LogP contribution >= 0.6 is 0 Å². The smallest absolute Gasteiger partial charge is 0.320 e. The molecular formula is C27H29F3N4O2. The minimum Gasteiger partial charge on any atom is -0.378 e. The third kappa shape index (κ3) is 4.25. The van der Waals surface area contributed by atoms with E-state index in [0.717, 1.165) is 42.0 Å². The summed E-state index contributed by atoms with van der Waals surface area (Å²) >= 11 is 0. The van der Waals surface area contributed by atoms with Crippen LogP contribution < -0.4 is 5.32 Å². The highest BCUT2D eigenvalue weighted by Crippen LogP contribution is 2.39. The van der Waals surface area contributed by atoms with Crippen molar-refractivity contribution in [3.8, 4) is 0 Å². The van der Waals surface area contributed by atoms with E-state index in [1.54, 1.807) is 26.3 Å². The second kappa shape index (κ2) is 9.61. The van der Waals surface area contributed by atoms with E-state index in [-0.39, 0.29) is 11.6 Å². The van der Waals surface area contributed by atoms with Crippen molar-refractivity contribution in [1.82, 2.24) is 14.8 Å². The fraction of sp³-hybridized carbons (Fsp3) is 0.407. The van der Waals surface area contributed by atoms with Gasteiger partial charge in [0.25, 0.3) is 6.43 Å². The molecule has 6 nitrogen and oxygen atoms in total. The van der Waals surface area contributed by atoms with Crippen molar-refractivity contribution in [3.05, 3.63) is 71.2 Å². The van der Waals surface area contributed by atoms with Gasteiger partial charge < -0.3 is 19.9 Å². The van der Waals surface area contributed by atoms with Gasteiger partial charge in [0.1, 0.15) is 11.4 Å². The molecule has 9 heteroatoms. The lowest BCUT2D eigenvalue weighted by atomic mass is 9.91. The summed E-state index contributed by atoms with van der Waals surface area (Å²) in [7, 11) is 1.66. The van der Waals surface area contributed by atoms with Gasteiger partial charge in [-0.2, -0.15) is 0 Å². The number of methoxy groups -OCH3 is 1. The van der Waals surface area contributed by atoms with Crippen LogP contribution in [0.1, 0.15) is 48.9 Å². The molecule has 2 atom stereocenters. The molecule has 0 saturated carbocycles. The Bertz CT molecular complexity index is 1280. The summed E-state index contributed by atoms with van der Waals surface area (Å²) in [4.78, 5) is 20.9. The van der Waals surface area contributed by atoms with E-state index in [1.165, 1.54) is 12.1 Å². The first kappa shape index (κ1) is 24.4. The molecule has 0 bridgehead atoms. The normalized spacial score (nSPS) is 20.6. The Morgan fingerprint density at radius 2 is 1.89 bits per heavy atom. The molecule has 3 heterocycles. The van der Waals surface area contributed by atoms with Gasteiger partial charge in [0.05, 0.1) is 23.7 Å². The van der Waals surface area contributed by atoms with Crippen LogP contribution in [0.5, 0.6) is 0 Å².